The van der Waals surface area contributed by atoms with E-state index in [2.05, 4.69) is 19.2 Å². The minimum absolute atomic E-state index is 0.0361. The first kappa shape index (κ1) is 16.7. The van der Waals surface area contributed by atoms with Crippen molar-refractivity contribution in [2.75, 3.05) is 0 Å². The van der Waals surface area contributed by atoms with Gasteiger partial charge in [-0.15, -0.1) is 0 Å². The summed E-state index contributed by atoms with van der Waals surface area (Å²) in [4.78, 5) is 24.7. The van der Waals surface area contributed by atoms with Crippen LogP contribution in [0.5, 0.6) is 0 Å². The summed E-state index contributed by atoms with van der Waals surface area (Å²) in [6.45, 7) is 6.18. The Labute approximate surface area is 150 Å². The van der Waals surface area contributed by atoms with Crippen molar-refractivity contribution in [2.24, 2.45) is 5.41 Å². The van der Waals surface area contributed by atoms with Crippen LogP contribution in [0.3, 0.4) is 0 Å². The van der Waals surface area contributed by atoms with Crippen molar-refractivity contribution in [3.05, 3.63) is 58.0 Å². The number of fused-ring (bicyclic) bond motifs is 2. The Morgan fingerprint density at radius 1 is 1.31 bits per heavy atom. The van der Waals surface area contributed by atoms with E-state index >= 15 is 0 Å². The molecule has 2 aromatic heterocycles. The highest BCUT2D eigenvalue weighted by Crippen LogP contribution is 2.41. The topological polar surface area (TPSA) is 77.4 Å². The number of oxazole rings is 1. The number of para-hydroxylation sites is 2. The molecule has 1 aliphatic rings. The Balaban J connectivity index is 1.58. The van der Waals surface area contributed by atoms with Gasteiger partial charge in [0.2, 0.25) is 5.91 Å². The van der Waals surface area contributed by atoms with Gasteiger partial charge in [-0.2, -0.15) is 0 Å². The van der Waals surface area contributed by atoms with Crippen molar-refractivity contribution in [2.45, 2.75) is 46.2 Å². The highest BCUT2D eigenvalue weighted by Gasteiger charge is 2.35. The maximum atomic E-state index is 12.7. The third-order valence-electron chi connectivity index (χ3n) is 4.95. The lowest BCUT2D eigenvalue weighted by Gasteiger charge is -2.34. The second-order valence-electron chi connectivity index (χ2n) is 7.82. The van der Waals surface area contributed by atoms with Gasteiger partial charge in [-0.25, -0.2) is 4.79 Å². The van der Waals surface area contributed by atoms with Gasteiger partial charge in [-0.05, 0) is 37.0 Å². The van der Waals surface area contributed by atoms with Crippen LogP contribution in [0.1, 0.15) is 43.4 Å². The summed E-state index contributed by atoms with van der Waals surface area (Å²) in [7, 11) is 0. The minimum Gasteiger partial charge on any atom is -0.466 e. The summed E-state index contributed by atoms with van der Waals surface area (Å²) >= 11 is 0. The molecule has 1 N–H and O–H groups in total. The fraction of sp³-hybridized carbons (Fsp3) is 0.400. The van der Waals surface area contributed by atoms with Gasteiger partial charge in [-0.3, -0.25) is 9.36 Å². The van der Waals surface area contributed by atoms with Gasteiger partial charge in [0.1, 0.15) is 18.1 Å². The molecule has 1 aromatic carbocycles. The summed E-state index contributed by atoms with van der Waals surface area (Å²) in [6, 6.07) is 8.98. The molecule has 0 radical (unpaired) electrons. The van der Waals surface area contributed by atoms with E-state index in [1.165, 1.54) is 4.57 Å². The number of nitrogens with one attached hydrogen (secondary N) is 1. The van der Waals surface area contributed by atoms with Crippen molar-refractivity contribution in [1.82, 2.24) is 9.88 Å². The lowest BCUT2D eigenvalue weighted by molar-refractivity contribution is -0.122. The molecule has 6 heteroatoms. The average molecular weight is 354 g/mol. The second-order valence-corrected chi connectivity index (χ2v) is 7.82. The number of carbonyl (C=O) groups is 1. The fourth-order valence-electron chi connectivity index (χ4n) is 3.86. The standard InChI is InChI=1S/C20H22N2O4/c1-12-8-13-14(9-20(2,3)10-17(13)25-12)21-18(23)11-22-15-6-4-5-7-16(15)26-19(22)24/h4-8,14H,9-11H2,1-3H3,(H,21,23). The Bertz CT molecular complexity index is 1040. The molecule has 6 nitrogen and oxygen atoms in total. The third kappa shape index (κ3) is 2.96. The van der Waals surface area contributed by atoms with Gasteiger partial charge in [0.15, 0.2) is 5.58 Å². The highest BCUT2D eigenvalue weighted by molar-refractivity contribution is 5.79. The number of aromatic nitrogens is 1. The van der Waals surface area contributed by atoms with Gasteiger partial charge in [-0.1, -0.05) is 26.0 Å². The molecule has 136 valence electrons. The van der Waals surface area contributed by atoms with Crippen LogP contribution in [0.2, 0.25) is 0 Å². The van der Waals surface area contributed by atoms with E-state index in [1.54, 1.807) is 18.2 Å². The first-order valence-corrected chi connectivity index (χ1v) is 8.79. The molecule has 0 fully saturated rings. The number of amides is 1. The van der Waals surface area contributed by atoms with E-state index < -0.39 is 5.76 Å². The van der Waals surface area contributed by atoms with Gasteiger partial charge < -0.3 is 14.2 Å². The van der Waals surface area contributed by atoms with Gasteiger partial charge in [0.25, 0.3) is 0 Å². The molecule has 26 heavy (non-hydrogen) atoms. The van der Waals surface area contributed by atoms with Crippen LogP contribution in [0, 0.1) is 12.3 Å². The van der Waals surface area contributed by atoms with E-state index in [0.717, 1.165) is 29.9 Å². The molecule has 0 spiro atoms. The molecule has 1 unspecified atom stereocenters. The summed E-state index contributed by atoms with van der Waals surface area (Å²) in [5.41, 5.74) is 2.18. The van der Waals surface area contributed by atoms with Crippen molar-refractivity contribution in [3.8, 4) is 0 Å². The quantitative estimate of drug-likeness (QED) is 0.783. The molecule has 1 aliphatic carbocycles. The summed E-state index contributed by atoms with van der Waals surface area (Å²) in [5.74, 6) is 1.05. The number of furan rings is 1. The summed E-state index contributed by atoms with van der Waals surface area (Å²) in [6.07, 6.45) is 1.68. The van der Waals surface area contributed by atoms with Crippen LogP contribution in [0.4, 0.5) is 0 Å². The first-order chi connectivity index (χ1) is 12.3. The Morgan fingerprint density at radius 2 is 2.08 bits per heavy atom. The van der Waals surface area contributed by atoms with Crippen molar-refractivity contribution >= 4 is 17.0 Å². The second kappa shape index (κ2) is 5.90. The SMILES string of the molecule is Cc1cc2c(o1)CC(C)(C)CC2NC(=O)Cn1c(=O)oc2ccccc21. The Kier molecular flexibility index (Phi) is 3.79. The molecule has 4 rings (SSSR count). The molecule has 1 atom stereocenters. The van der Waals surface area contributed by atoms with Crippen molar-refractivity contribution < 1.29 is 13.6 Å². The Hall–Kier alpha value is -2.76. The number of carbonyl (C=O) groups excluding carboxylic acids is 1. The number of benzene rings is 1. The van der Waals surface area contributed by atoms with Crippen LogP contribution in [-0.2, 0) is 17.8 Å². The van der Waals surface area contributed by atoms with Gasteiger partial charge in [0.05, 0.1) is 11.6 Å². The summed E-state index contributed by atoms with van der Waals surface area (Å²) in [5, 5.41) is 3.07. The van der Waals surface area contributed by atoms with Crippen LogP contribution < -0.4 is 11.1 Å². The number of aryl methyl sites for hydroxylation is 1. The number of nitrogens with zero attached hydrogens (tertiary/aromatic N) is 1. The van der Waals surface area contributed by atoms with Crippen molar-refractivity contribution in [1.29, 1.82) is 0 Å². The molecule has 0 aliphatic heterocycles. The summed E-state index contributed by atoms with van der Waals surface area (Å²) < 4.78 is 12.4. The molecule has 3 aromatic rings. The molecule has 0 bridgehead atoms. The van der Waals surface area contributed by atoms with Crippen molar-refractivity contribution in [3.63, 3.8) is 0 Å². The van der Waals surface area contributed by atoms with Crippen LogP contribution >= 0.6 is 0 Å². The molecule has 1 amide bonds. The van der Waals surface area contributed by atoms with E-state index in [9.17, 15) is 9.59 Å². The molecular weight excluding hydrogens is 332 g/mol. The monoisotopic (exact) mass is 354 g/mol. The zero-order valence-electron chi connectivity index (χ0n) is 15.2. The Morgan fingerprint density at radius 3 is 2.88 bits per heavy atom. The van der Waals surface area contributed by atoms with Gasteiger partial charge >= 0.3 is 5.76 Å². The average Bonchev–Trinajstić information content (AvgIpc) is 3.06. The largest absolute Gasteiger partial charge is 0.466 e. The maximum absolute atomic E-state index is 12.7. The number of hydrogen-bond donors (Lipinski definition) is 1. The number of hydrogen-bond acceptors (Lipinski definition) is 4. The van der Waals surface area contributed by atoms with E-state index in [-0.39, 0.29) is 23.9 Å². The fourth-order valence-corrected chi connectivity index (χ4v) is 3.86. The zero-order valence-corrected chi connectivity index (χ0v) is 15.2. The van der Waals surface area contributed by atoms with E-state index in [0.29, 0.717) is 11.1 Å². The lowest BCUT2D eigenvalue weighted by atomic mass is 9.74. The first-order valence-electron chi connectivity index (χ1n) is 8.79. The number of rotatable bonds is 3. The van der Waals surface area contributed by atoms with Crippen LogP contribution in [0.15, 0.2) is 44.0 Å². The van der Waals surface area contributed by atoms with Gasteiger partial charge in [0, 0.05) is 12.0 Å². The predicted octanol–water partition coefficient (Wildman–Crippen LogP) is 3.33. The lowest BCUT2D eigenvalue weighted by Crippen LogP contribution is -2.38. The van der Waals surface area contributed by atoms with E-state index in [1.807, 2.05) is 19.1 Å². The van der Waals surface area contributed by atoms with Crippen LogP contribution in [0.25, 0.3) is 11.1 Å². The highest BCUT2D eigenvalue weighted by atomic mass is 16.4. The zero-order chi connectivity index (χ0) is 18.5. The molecule has 2 heterocycles. The normalized spacial score (nSPS) is 18.7. The molecular formula is C20H22N2O4. The smallest absolute Gasteiger partial charge is 0.420 e. The van der Waals surface area contributed by atoms with E-state index in [4.69, 9.17) is 8.83 Å². The maximum Gasteiger partial charge on any atom is 0.420 e. The third-order valence-corrected chi connectivity index (χ3v) is 4.95. The predicted molar refractivity (Wildman–Crippen MR) is 96.9 cm³/mol. The molecule has 0 saturated carbocycles. The minimum atomic E-state index is -0.523. The van der Waals surface area contributed by atoms with Crippen LogP contribution in [-0.4, -0.2) is 10.5 Å². The molecule has 0 saturated heterocycles.